The van der Waals surface area contributed by atoms with Crippen LogP contribution in [0.25, 0.3) is 5.65 Å². The van der Waals surface area contributed by atoms with Gasteiger partial charge in [-0.3, -0.25) is 10.00 Å². The van der Waals surface area contributed by atoms with Gasteiger partial charge in [-0.1, -0.05) is 0 Å². The standard InChI is InChI=1S/C14H16N6/c1-4-16-18-13(1)12-3-5-19(9-12)8-11-2-6-20-14(7-11)15-10-17-20/h1-2,4,6-7,10,12H,3,5,8-9H2,(H,16,18). The summed E-state index contributed by atoms with van der Waals surface area (Å²) in [5.41, 5.74) is 3.45. The topological polar surface area (TPSA) is 62.1 Å². The lowest BCUT2D eigenvalue weighted by Gasteiger charge is -2.15. The molecule has 0 spiro atoms. The predicted molar refractivity (Wildman–Crippen MR) is 74.2 cm³/mol. The zero-order valence-electron chi connectivity index (χ0n) is 11.1. The van der Waals surface area contributed by atoms with Gasteiger partial charge in [-0.2, -0.15) is 10.2 Å². The summed E-state index contributed by atoms with van der Waals surface area (Å²) in [7, 11) is 0. The van der Waals surface area contributed by atoms with Gasteiger partial charge < -0.3 is 0 Å². The van der Waals surface area contributed by atoms with Gasteiger partial charge in [-0.05, 0) is 36.7 Å². The van der Waals surface area contributed by atoms with E-state index < -0.39 is 0 Å². The molecule has 0 aliphatic carbocycles. The lowest BCUT2D eigenvalue weighted by molar-refractivity contribution is 0.326. The maximum atomic E-state index is 4.23. The molecular weight excluding hydrogens is 252 g/mol. The monoisotopic (exact) mass is 268 g/mol. The van der Waals surface area contributed by atoms with E-state index in [0.29, 0.717) is 5.92 Å². The van der Waals surface area contributed by atoms with Crippen LogP contribution in [0.15, 0.2) is 36.9 Å². The molecule has 0 bridgehead atoms. The minimum atomic E-state index is 0.578. The molecule has 102 valence electrons. The summed E-state index contributed by atoms with van der Waals surface area (Å²) in [6, 6.07) is 6.30. The number of fused-ring (bicyclic) bond motifs is 1. The van der Waals surface area contributed by atoms with E-state index in [9.17, 15) is 0 Å². The fourth-order valence-corrected chi connectivity index (χ4v) is 2.94. The number of pyridine rings is 1. The van der Waals surface area contributed by atoms with Crippen LogP contribution in [0.2, 0.25) is 0 Å². The number of rotatable bonds is 3. The maximum absolute atomic E-state index is 4.23. The van der Waals surface area contributed by atoms with Crippen molar-refractivity contribution in [2.45, 2.75) is 18.9 Å². The van der Waals surface area contributed by atoms with Gasteiger partial charge in [-0.25, -0.2) is 9.50 Å². The van der Waals surface area contributed by atoms with E-state index in [-0.39, 0.29) is 0 Å². The highest BCUT2D eigenvalue weighted by molar-refractivity contribution is 5.39. The van der Waals surface area contributed by atoms with E-state index in [2.05, 4.69) is 43.4 Å². The van der Waals surface area contributed by atoms with E-state index in [1.807, 2.05) is 12.4 Å². The molecule has 0 amide bonds. The SMILES string of the molecule is c1cc(C2CCN(Cc3ccn4ncnc4c3)C2)[nH]n1. The average Bonchev–Trinajstić information content (AvgIpc) is 3.19. The Morgan fingerprint density at radius 2 is 2.35 bits per heavy atom. The highest BCUT2D eigenvalue weighted by Crippen LogP contribution is 2.26. The molecule has 4 heterocycles. The van der Waals surface area contributed by atoms with Crippen LogP contribution >= 0.6 is 0 Å². The number of likely N-dealkylation sites (tertiary alicyclic amines) is 1. The van der Waals surface area contributed by atoms with E-state index >= 15 is 0 Å². The largest absolute Gasteiger partial charge is 0.298 e. The summed E-state index contributed by atoms with van der Waals surface area (Å²) in [5, 5.41) is 11.2. The Balaban J connectivity index is 1.47. The molecule has 6 heteroatoms. The number of hydrogen-bond donors (Lipinski definition) is 1. The molecule has 0 radical (unpaired) electrons. The average molecular weight is 268 g/mol. The molecule has 3 aromatic rings. The second-order valence-electron chi connectivity index (χ2n) is 5.33. The highest BCUT2D eigenvalue weighted by atomic mass is 15.3. The van der Waals surface area contributed by atoms with Crippen LogP contribution in [0.4, 0.5) is 0 Å². The number of aromatic nitrogens is 5. The van der Waals surface area contributed by atoms with Crippen LogP contribution in [-0.4, -0.2) is 42.8 Å². The van der Waals surface area contributed by atoms with Gasteiger partial charge in [0.05, 0.1) is 0 Å². The van der Waals surface area contributed by atoms with Gasteiger partial charge in [0, 0.05) is 37.1 Å². The molecule has 1 fully saturated rings. The van der Waals surface area contributed by atoms with Crippen molar-refractivity contribution in [2.24, 2.45) is 0 Å². The molecule has 0 saturated carbocycles. The first kappa shape index (κ1) is 11.6. The van der Waals surface area contributed by atoms with Gasteiger partial charge >= 0.3 is 0 Å². The van der Waals surface area contributed by atoms with Crippen molar-refractivity contribution >= 4 is 5.65 Å². The van der Waals surface area contributed by atoms with Crippen molar-refractivity contribution in [3.05, 3.63) is 48.2 Å². The lowest BCUT2D eigenvalue weighted by Crippen LogP contribution is -2.19. The Morgan fingerprint density at radius 1 is 1.35 bits per heavy atom. The third-order valence-electron chi connectivity index (χ3n) is 3.99. The first-order chi connectivity index (χ1) is 9.88. The molecule has 4 rings (SSSR count). The molecule has 1 unspecified atom stereocenters. The van der Waals surface area contributed by atoms with Crippen LogP contribution in [0.5, 0.6) is 0 Å². The number of H-pyrrole nitrogens is 1. The minimum Gasteiger partial charge on any atom is -0.298 e. The molecule has 1 saturated heterocycles. The van der Waals surface area contributed by atoms with Crippen molar-refractivity contribution in [1.29, 1.82) is 0 Å². The predicted octanol–water partition coefficient (Wildman–Crippen LogP) is 1.44. The van der Waals surface area contributed by atoms with E-state index in [4.69, 9.17) is 0 Å². The smallest absolute Gasteiger partial charge is 0.155 e. The summed E-state index contributed by atoms with van der Waals surface area (Å²) < 4.78 is 1.79. The summed E-state index contributed by atoms with van der Waals surface area (Å²) in [5.74, 6) is 0.578. The fraction of sp³-hybridized carbons (Fsp3) is 0.357. The Labute approximate surface area is 116 Å². The molecule has 20 heavy (non-hydrogen) atoms. The van der Waals surface area contributed by atoms with Crippen molar-refractivity contribution in [1.82, 2.24) is 29.7 Å². The zero-order valence-corrected chi connectivity index (χ0v) is 11.1. The Morgan fingerprint density at radius 3 is 3.25 bits per heavy atom. The summed E-state index contributed by atoms with van der Waals surface area (Å²) >= 11 is 0. The first-order valence-corrected chi connectivity index (χ1v) is 6.88. The van der Waals surface area contributed by atoms with E-state index in [0.717, 1.165) is 25.3 Å². The molecule has 1 N–H and O–H groups in total. The second kappa shape index (κ2) is 4.72. The number of aromatic amines is 1. The maximum Gasteiger partial charge on any atom is 0.155 e. The highest BCUT2D eigenvalue weighted by Gasteiger charge is 2.24. The summed E-state index contributed by atoms with van der Waals surface area (Å²) in [4.78, 5) is 6.71. The van der Waals surface area contributed by atoms with Crippen LogP contribution in [0, 0.1) is 0 Å². The number of nitrogens with zero attached hydrogens (tertiary/aromatic N) is 5. The third kappa shape index (κ3) is 2.08. The van der Waals surface area contributed by atoms with E-state index in [1.165, 1.54) is 17.7 Å². The number of hydrogen-bond acceptors (Lipinski definition) is 4. The zero-order chi connectivity index (χ0) is 13.4. The van der Waals surface area contributed by atoms with Crippen molar-refractivity contribution < 1.29 is 0 Å². The van der Waals surface area contributed by atoms with Gasteiger partial charge in [0.15, 0.2) is 5.65 Å². The molecule has 0 aromatic carbocycles. The van der Waals surface area contributed by atoms with Crippen molar-refractivity contribution in [3.8, 4) is 0 Å². The fourth-order valence-electron chi connectivity index (χ4n) is 2.94. The molecule has 6 nitrogen and oxygen atoms in total. The quantitative estimate of drug-likeness (QED) is 0.781. The minimum absolute atomic E-state index is 0.578. The molecule has 1 atom stereocenters. The van der Waals surface area contributed by atoms with Gasteiger partial charge in [-0.15, -0.1) is 0 Å². The summed E-state index contributed by atoms with van der Waals surface area (Å²) in [6.07, 6.45) is 6.58. The normalized spacial score (nSPS) is 19.9. The Kier molecular flexibility index (Phi) is 2.74. The number of nitrogens with one attached hydrogen (secondary N) is 1. The van der Waals surface area contributed by atoms with Crippen molar-refractivity contribution in [3.63, 3.8) is 0 Å². The molecule has 3 aromatic heterocycles. The van der Waals surface area contributed by atoms with Gasteiger partial charge in [0.2, 0.25) is 0 Å². The van der Waals surface area contributed by atoms with Crippen LogP contribution in [0.1, 0.15) is 23.6 Å². The van der Waals surface area contributed by atoms with Gasteiger partial charge in [0.25, 0.3) is 0 Å². The molecule has 1 aliphatic heterocycles. The van der Waals surface area contributed by atoms with Crippen LogP contribution < -0.4 is 0 Å². The molecule has 1 aliphatic rings. The van der Waals surface area contributed by atoms with E-state index in [1.54, 1.807) is 10.8 Å². The Bertz CT molecular complexity index is 701. The Hall–Kier alpha value is -2.21. The summed E-state index contributed by atoms with van der Waals surface area (Å²) in [6.45, 7) is 3.18. The second-order valence-corrected chi connectivity index (χ2v) is 5.33. The molecular formula is C14H16N6. The van der Waals surface area contributed by atoms with Crippen LogP contribution in [0.3, 0.4) is 0 Å². The van der Waals surface area contributed by atoms with Gasteiger partial charge in [0.1, 0.15) is 6.33 Å². The lowest BCUT2D eigenvalue weighted by atomic mass is 10.1. The van der Waals surface area contributed by atoms with Crippen molar-refractivity contribution in [2.75, 3.05) is 13.1 Å². The van der Waals surface area contributed by atoms with Crippen LogP contribution in [-0.2, 0) is 6.54 Å². The third-order valence-corrected chi connectivity index (χ3v) is 3.99. The first-order valence-electron chi connectivity index (χ1n) is 6.88.